The first kappa shape index (κ1) is 14.6. The maximum absolute atomic E-state index is 12.9. The fourth-order valence-corrected chi connectivity index (χ4v) is 2.76. The van der Waals surface area contributed by atoms with Crippen LogP contribution in [-0.2, 0) is 4.79 Å². The average Bonchev–Trinajstić information content (AvgIpc) is 2.49. The van der Waals surface area contributed by atoms with Crippen LogP contribution in [0.4, 0.5) is 11.4 Å². The molecule has 0 radical (unpaired) electrons. The molecule has 2 aromatic rings. The fraction of sp³-hybridized carbons (Fsp3) is 0.176. The minimum atomic E-state index is -1.14. The van der Waals surface area contributed by atoms with Gasteiger partial charge >= 0.3 is 0 Å². The molecule has 0 aromatic heterocycles. The SMILES string of the molecule is CC(=O)C1(C)Nc2ccccc2C(=O)N1c1ccc(Cl)cc1. The molecule has 1 unspecified atom stereocenters. The van der Waals surface area contributed by atoms with Crippen molar-refractivity contribution >= 4 is 34.7 Å². The minimum Gasteiger partial charge on any atom is -0.356 e. The molecule has 0 spiro atoms. The lowest BCUT2D eigenvalue weighted by Crippen LogP contribution is -2.62. The molecule has 5 heteroatoms. The zero-order valence-electron chi connectivity index (χ0n) is 12.3. The van der Waals surface area contributed by atoms with E-state index >= 15 is 0 Å². The summed E-state index contributed by atoms with van der Waals surface area (Å²) in [5.74, 6) is -0.361. The van der Waals surface area contributed by atoms with E-state index in [4.69, 9.17) is 11.6 Å². The monoisotopic (exact) mass is 314 g/mol. The third-order valence-electron chi connectivity index (χ3n) is 3.96. The Morgan fingerprint density at radius 1 is 1.14 bits per heavy atom. The van der Waals surface area contributed by atoms with Gasteiger partial charge in [0, 0.05) is 16.4 Å². The van der Waals surface area contributed by atoms with Crippen LogP contribution in [0.3, 0.4) is 0 Å². The lowest BCUT2D eigenvalue weighted by molar-refractivity contribution is -0.120. The van der Waals surface area contributed by atoms with Crippen molar-refractivity contribution in [2.75, 3.05) is 10.2 Å². The molecule has 3 rings (SSSR count). The molecule has 0 aliphatic carbocycles. The number of carbonyl (C=O) groups excluding carboxylic acids is 2. The van der Waals surface area contributed by atoms with E-state index in [0.717, 1.165) is 0 Å². The molecular formula is C17H15ClN2O2. The van der Waals surface area contributed by atoms with Gasteiger partial charge in [-0.1, -0.05) is 23.7 Å². The van der Waals surface area contributed by atoms with Gasteiger partial charge in [-0.2, -0.15) is 0 Å². The van der Waals surface area contributed by atoms with Gasteiger partial charge in [0.25, 0.3) is 5.91 Å². The standard InChI is InChI=1S/C17H15ClN2O2/c1-11(21)17(2)19-15-6-4-3-5-14(15)16(22)20(17)13-9-7-12(18)8-10-13/h3-10,19H,1-2H3. The number of carbonyl (C=O) groups is 2. The van der Waals surface area contributed by atoms with Gasteiger partial charge in [-0.05, 0) is 50.2 Å². The molecule has 1 amide bonds. The number of ketones is 1. The van der Waals surface area contributed by atoms with E-state index in [1.54, 1.807) is 49.4 Å². The van der Waals surface area contributed by atoms with Gasteiger partial charge in [0.1, 0.15) is 0 Å². The van der Waals surface area contributed by atoms with Gasteiger partial charge in [-0.25, -0.2) is 0 Å². The summed E-state index contributed by atoms with van der Waals surface area (Å²) in [6.07, 6.45) is 0. The van der Waals surface area contributed by atoms with Crippen LogP contribution in [0, 0.1) is 0 Å². The van der Waals surface area contributed by atoms with Crippen LogP contribution >= 0.6 is 11.6 Å². The number of fused-ring (bicyclic) bond motifs is 1. The molecule has 0 bridgehead atoms. The number of hydrogen-bond acceptors (Lipinski definition) is 3. The van der Waals surface area contributed by atoms with Gasteiger partial charge in [0.2, 0.25) is 0 Å². The lowest BCUT2D eigenvalue weighted by Gasteiger charge is -2.44. The molecule has 0 fully saturated rings. The number of amides is 1. The summed E-state index contributed by atoms with van der Waals surface area (Å²) in [6, 6.07) is 14.0. The van der Waals surface area contributed by atoms with Gasteiger partial charge < -0.3 is 5.32 Å². The summed E-state index contributed by atoms with van der Waals surface area (Å²) in [5, 5.41) is 3.76. The van der Waals surface area contributed by atoms with Crippen LogP contribution in [0.1, 0.15) is 24.2 Å². The van der Waals surface area contributed by atoms with Crippen LogP contribution in [0.2, 0.25) is 5.02 Å². The first-order valence-electron chi connectivity index (χ1n) is 6.92. The molecule has 1 aliphatic rings. The summed E-state index contributed by atoms with van der Waals surface area (Å²) in [4.78, 5) is 26.6. The number of benzene rings is 2. The third kappa shape index (κ3) is 2.16. The zero-order valence-corrected chi connectivity index (χ0v) is 13.0. The van der Waals surface area contributed by atoms with Crippen molar-refractivity contribution in [1.29, 1.82) is 0 Å². The van der Waals surface area contributed by atoms with Crippen molar-refractivity contribution in [2.45, 2.75) is 19.5 Å². The number of para-hydroxylation sites is 1. The second kappa shape index (κ2) is 5.14. The van der Waals surface area contributed by atoms with Crippen LogP contribution in [0.15, 0.2) is 48.5 Å². The largest absolute Gasteiger partial charge is 0.356 e. The Bertz CT molecular complexity index is 758. The van der Waals surface area contributed by atoms with Gasteiger partial charge in [0.15, 0.2) is 11.4 Å². The van der Waals surface area contributed by atoms with Gasteiger partial charge in [-0.3, -0.25) is 14.5 Å². The average molecular weight is 315 g/mol. The quantitative estimate of drug-likeness (QED) is 0.919. The second-order valence-corrected chi connectivity index (χ2v) is 5.85. The Hall–Kier alpha value is -2.33. The van der Waals surface area contributed by atoms with E-state index in [2.05, 4.69) is 5.32 Å². The Kier molecular flexibility index (Phi) is 3.41. The number of nitrogens with zero attached hydrogens (tertiary/aromatic N) is 1. The molecule has 0 saturated heterocycles. The summed E-state index contributed by atoms with van der Waals surface area (Å²) in [6.45, 7) is 3.18. The first-order valence-corrected chi connectivity index (χ1v) is 7.29. The maximum Gasteiger partial charge on any atom is 0.262 e. The highest BCUT2D eigenvalue weighted by atomic mass is 35.5. The molecule has 1 aliphatic heterocycles. The Morgan fingerprint density at radius 3 is 2.41 bits per heavy atom. The number of hydrogen-bond donors (Lipinski definition) is 1. The number of halogens is 1. The molecule has 2 aromatic carbocycles. The summed E-state index contributed by atoms with van der Waals surface area (Å²) < 4.78 is 0. The smallest absolute Gasteiger partial charge is 0.262 e. The van der Waals surface area contributed by atoms with Crippen LogP contribution in [0.5, 0.6) is 0 Å². The molecular weight excluding hydrogens is 300 g/mol. The molecule has 0 saturated carbocycles. The molecule has 1 atom stereocenters. The highest BCUT2D eigenvalue weighted by molar-refractivity contribution is 6.30. The fourth-order valence-electron chi connectivity index (χ4n) is 2.63. The summed E-state index contributed by atoms with van der Waals surface area (Å²) >= 11 is 5.92. The highest BCUT2D eigenvalue weighted by Gasteiger charge is 2.45. The Morgan fingerprint density at radius 2 is 1.77 bits per heavy atom. The molecule has 1 heterocycles. The van der Waals surface area contributed by atoms with E-state index in [1.807, 2.05) is 6.07 Å². The lowest BCUT2D eigenvalue weighted by atomic mass is 9.96. The number of anilines is 2. The summed E-state index contributed by atoms with van der Waals surface area (Å²) in [7, 11) is 0. The molecule has 4 nitrogen and oxygen atoms in total. The van der Waals surface area contributed by atoms with E-state index in [0.29, 0.717) is 22.0 Å². The zero-order chi connectivity index (χ0) is 15.9. The minimum absolute atomic E-state index is 0.148. The first-order chi connectivity index (χ1) is 10.4. The van der Waals surface area contributed by atoms with Gasteiger partial charge in [0.05, 0.1) is 5.56 Å². The van der Waals surface area contributed by atoms with Crippen molar-refractivity contribution in [1.82, 2.24) is 0 Å². The maximum atomic E-state index is 12.9. The van der Waals surface area contributed by atoms with Crippen LogP contribution in [0.25, 0.3) is 0 Å². The van der Waals surface area contributed by atoms with Crippen LogP contribution < -0.4 is 10.2 Å². The molecule has 22 heavy (non-hydrogen) atoms. The predicted molar refractivity (Wildman–Crippen MR) is 87.4 cm³/mol. The molecule has 112 valence electrons. The van der Waals surface area contributed by atoms with E-state index in [1.165, 1.54) is 11.8 Å². The van der Waals surface area contributed by atoms with Crippen molar-refractivity contribution in [3.8, 4) is 0 Å². The number of rotatable bonds is 2. The Balaban J connectivity index is 2.19. The summed E-state index contributed by atoms with van der Waals surface area (Å²) in [5.41, 5.74) is 0.680. The normalized spacial score (nSPS) is 20.3. The topological polar surface area (TPSA) is 49.4 Å². The predicted octanol–water partition coefficient (Wildman–Crippen LogP) is 3.72. The van der Waals surface area contributed by atoms with Crippen molar-refractivity contribution < 1.29 is 9.59 Å². The third-order valence-corrected chi connectivity index (χ3v) is 4.21. The van der Waals surface area contributed by atoms with Crippen molar-refractivity contribution in [2.24, 2.45) is 0 Å². The van der Waals surface area contributed by atoms with E-state index in [9.17, 15) is 9.59 Å². The highest BCUT2D eigenvalue weighted by Crippen LogP contribution is 2.35. The number of Topliss-reactive ketones (excluding diaryl/α,β-unsaturated/α-hetero) is 1. The Labute approximate surface area is 133 Å². The van der Waals surface area contributed by atoms with Crippen molar-refractivity contribution in [3.63, 3.8) is 0 Å². The van der Waals surface area contributed by atoms with E-state index in [-0.39, 0.29) is 11.7 Å². The van der Waals surface area contributed by atoms with Gasteiger partial charge in [-0.15, -0.1) is 0 Å². The number of nitrogens with one attached hydrogen (secondary N) is 1. The van der Waals surface area contributed by atoms with E-state index < -0.39 is 5.66 Å². The molecule has 1 N–H and O–H groups in total. The second-order valence-electron chi connectivity index (χ2n) is 5.42. The van der Waals surface area contributed by atoms with Crippen LogP contribution in [-0.4, -0.2) is 17.4 Å². The van der Waals surface area contributed by atoms with Crippen molar-refractivity contribution in [3.05, 3.63) is 59.1 Å².